The number of carbonyl (C=O) groups excluding carboxylic acids is 2. The highest BCUT2D eigenvalue weighted by Gasteiger charge is 2.47. The minimum atomic E-state index is -3.48. The third-order valence-corrected chi connectivity index (χ3v) is 9.83. The average Bonchev–Trinajstić information content (AvgIpc) is 3.51. The van der Waals surface area contributed by atoms with Crippen LogP contribution in [0.5, 0.6) is 0 Å². The van der Waals surface area contributed by atoms with Crippen LogP contribution in [0, 0.1) is 17.2 Å². The molecule has 3 aliphatic heterocycles. The van der Waals surface area contributed by atoms with E-state index in [0.29, 0.717) is 38.8 Å². The lowest BCUT2D eigenvalue weighted by molar-refractivity contribution is 0.0838. The van der Waals surface area contributed by atoms with Gasteiger partial charge in [0, 0.05) is 37.3 Å². The Balaban J connectivity index is 1.10. The molecule has 2 aromatic rings. The third-order valence-electron chi connectivity index (χ3n) is 7.70. The molecule has 0 aliphatic carbocycles. The number of carbonyl (C=O) groups is 2. The molecule has 11 nitrogen and oxygen atoms in total. The first-order valence-corrected chi connectivity index (χ1v) is 14.6. The lowest BCUT2D eigenvalue weighted by Gasteiger charge is -2.39. The van der Waals surface area contributed by atoms with Crippen molar-refractivity contribution in [1.82, 2.24) is 19.7 Å². The maximum absolute atomic E-state index is 13.5. The lowest BCUT2D eigenvalue weighted by Crippen LogP contribution is -2.53. The molecule has 1 aromatic carbocycles. The largest absolute Gasteiger partial charge is 0.445 e. The zero-order valence-electron chi connectivity index (χ0n) is 21.0. The smallest absolute Gasteiger partial charge is 0.410 e. The first kappa shape index (κ1) is 26.2. The zero-order chi connectivity index (χ0) is 26.7. The van der Waals surface area contributed by atoms with Gasteiger partial charge < -0.3 is 19.5 Å². The van der Waals surface area contributed by atoms with Crippen molar-refractivity contribution in [2.24, 2.45) is 5.92 Å². The normalized spacial score (nSPS) is 24.1. The molecule has 1 N–H and O–H groups in total. The Bertz CT molecular complexity index is 1280. The number of benzene rings is 1. The molecule has 2 amide bonds. The average molecular weight is 542 g/mol. The van der Waals surface area contributed by atoms with Crippen LogP contribution in [0.1, 0.15) is 60.3 Å². The lowest BCUT2D eigenvalue weighted by atomic mass is 9.99. The number of aromatic nitrogens is 1. The molecule has 3 fully saturated rings. The van der Waals surface area contributed by atoms with Crippen molar-refractivity contribution in [1.29, 1.82) is 5.26 Å². The number of nitrogens with one attached hydrogen (secondary N) is 1. The summed E-state index contributed by atoms with van der Waals surface area (Å²) in [6, 6.07) is 12.1. The second kappa shape index (κ2) is 11.1. The number of piperidine rings is 2. The summed E-state index contributed by atoms with van der Waals surface area (Å²) in [7, 11) is -3.48. The van der Waals surface area contributed by atoms with Crippen molar-refractivity contribution < 1.29 is 27.3 Å². The number of rotatable bonds is 7. The summed E-state index contributed by atoms with van der Waals surface area (Å²) in [5, 5.41) is 15.4. The first-order valence-electron chi connectivity index (χ1n) is 13.0. The molecule has 1 unspecified atom stereocenters. The molecular formula is C26H31N5O6S. The predicted octanol–water partition coefficient (Wildman–Crippen LogP) is 2.65. The summed E-state index contributed by atoms with van der Waals surface area (Å²) in [5.74, 6) is -0.410. The molecular weight excluding hydrogens is 510 g/mol. The van der Waals surface area contributed by atoms with Crippen molar-refractivity contribution in [3.8, 4) is 6.07 Å². The van der Waals surface area contributed by atoms with E-state index in [1.807, 2.05) is 30.3 Å². The van der Waals surface area contributed by atoms with Gasteiger partial charge in [-0.15, -0.1) is 0 Å². The van der Waals surface area contributed by atoms with Crippen molar-refractivity contribution >= 4 is 22.0 Å². The van der Waals surface area contributed by atoms with Crippen LogP contribution in [0.2, 0.25) is 0 Å². The van der Waals surface area contributed by atoms with Crippen molar-refractivity contribution in [3.63, 3.8) is 0 Å². The van der Waals surface area contributed by atoms with Gasteiger partial charge in [0.05, 0.1) is 5.75 Å². The van der Waals surface area contributed by atoms with Crippen LogP contribution < -0.4 is 5.32 Å². The fourth-order valence-corrected chi connectivity index (χ4v) is 8.27. The number of hydrogen-bond donors (Lipinski definition) is 1. The Labute approximate surface area is 221 Å². The van der Waals surface area contributed by atoms with E-state index in [9.17, 15) is 18.0 Å². The summed E-state index contributed by atoms with van der Waals surface area (Å²) in [5.41, 5.74) is 0.963. The van der Waals surface area contributed by atoms with Crippen LogP contribution in [0.4, 0.5) is 4.79 Å². The standard InChI is InChI=1S/C26H31N5O6S/c27-15-23-14-24(29-37-23)25(32)28-20-12-21-6-7-22(13-20)31(21)38(34,35)17-19-8-10-30(11-9-19)26(33)36-16-18-4-2-1-3-5-18/h1-5,14,19-22H,6-13,16-17H2,(H,28,32)/t20?,21-,22+. The van der Waals surface area contributed by atoms with E-state index < -0.39 is 15.9 Å². The highest BCUT2D eigenvalue weighted by atomic mass is 32.2. The van der Waals surface area contributed by atoms with E-state index in [2.05, 4.69) is 10.5 Å². The summed E-state index contributed by atoms with van der Waals surface area (Å²) in [6.07, 6.45) is 3.47. The molecule has 1 aromatic heterocycles. The number of likely N-dealkylation sites (tertiary alicyclic amines) is 1. The Hall–Kier alpha value is -3.43. The maximum atomic E-state index is 13.5. The fourth-order valence-electron chi connectivity index (χ4n) is 5.88. The van der Waals surface area contributed by atoms with Crippen LogP contribution in [0.3, 0.4) is 0 Å². The maximum Gasteiger partial charge on any atom is 0.410 e. The van der Waals surface area contributed by atoms with Crippen molar-refractivity contribution in [3.05, 3.63) is 53.4 Å². The first-order chi connectivity index (χ1) is 18.3. The van der Waals surface area contributed by atoms with Crippen LogP contribution >= 0.6 is 0 Å². The van der Waals surface area contributed by atoms with Gasteiger partial charge in [-0.05, 0) is 50.0 Å². The number of hydrogen-bond acceptors (Lipinski definition) is 8. The van der Waals surface area contributed by atoms with E-state index in [-0.39, 0.29) is 54.0 Å². The Kier molecular flexibility index (Phi) is 7.67. The highest BCUT2D eigenvalue weighted by molar-refractivity contribution is 7.89. The van der Waals surface area contributed by atoms with Gasteiger partial charge in [-0.3, -0.25) is 4.79 Å². The minimum Gasteiger partial charge on any atom is -0.445 e. The zero-order valence-corrected chi connectivity index (χ0v) is 21.8. The van der Waals surface area contributed by atoms with Crippen molar-refractivity contribution in [2.45, 2.75) is 63.3 Å². The second-order valence-electron chi connectivity index (χ2n) is 10.3. The van der Waals surface area contributed by atoms with E-state index >= 15 is 0 Å². The molecule has 38 heavy (non-hydrogen) atoms. The molecule has 4 heterocycles. The molecule has 12 heteroatoms. The molecule has 0 spiro atoms. The predicted molar refractivity (Wildman–Crippen MR) is 135 cm³/mol. The number of fused-ring (bicyclic) bond motifs is 2. The summed E-state index contributed by atoms with van der Waals surface area (Å²) >= 11 is 0. The summed E-state index contributed by atoms with van der Waals surface area (Å²) < 4.78 is 38.8. The Morgan fingerprint density at radius 2 is 1.79 bits per heavy atom. The Morgan fingerprint density at radius 3 is 2.42 bits per heavy atom. The number of sulfonamides is 1. The van der Waals surface area contributed by atoms with Gasteiger partial charge >= 0.3 is 6.09 Å². The molecule has 202 valence electrons. The SMILES string of the molecule is N#Cc1cc(C(=O)NC2C[C@H]3CC[C@@H](C2)N3S(=O)(=O)CC2CCN(C(=O)OCc3ccccc3)CC2)no1. The monoisotopic (exact) mass is 541 g/mol. The van der Waals surface area contributed by atoms with E-state index in [0.717, 1.165) is 18.4 Å². The molecule has 0 radical (unpaired) electrons. The summed E-state index contributed by atoms with van der Waals surface area (Å²) in [6.45, 7) is 1.17. The minimum absolute atomic E-state index is 0.0171. The van der Waals surface area contributed by atoms with Gasteiger partial charge in [0.15, 0.2) is 5.69 Å². The second-order valence-corrected chi connectivity index (χ2v) is 12.2. The third kappa shape index (κ3) is 5.84. The quantitative estimate of drug-likeness (QED) is 0.563. The van der Waals surface area contributed by atoms with Crippen LogP contribution in [-0.4, -0.2) is 71.7 Å². The van der Waals surface area contributed by atoms with Gasteiger partial charge in [-0.25, -0.2) is 13.2 Å². The number of nitrogens with zero attached hydrogens (tertiary/aromatic N) is 4. The van der Waals surface area contributed by atoms with E-state index in [4.69, 9.17) is 14.5 Å². The summed E-state index contributed by atoms with van der Waals surface area (Å²) in [4.78, 5) is 26.6. The fraction of sp³-hybridized carbons (Fsp3) is 0.538. The van der Waals surface area contributed by atoms with E-state index in [1.165, 1.54) is 6.07 Å². The van der Waals surface area contributed by atoms with Crippen LogP contribution in [0.25, 0.3) is 0 Å². The molecule has 3 atom stereocenters. The molecule has 5 rings (SSSR count). The number of nitriles is 1. The molecule has 2 bridgehead atoms. The van der Waals surface area contributed by atoms with Gasteiger partial charge in [0.1, 0.15) is 12.7 Å². The van der Waals surface area contributed by atoms with Crippen LogP contribution in [-0.2, 0) is 21.4 Å². The topological polar surface area (TPSA) is 146 Å². The molecule has 3 saturated heterocycles. The molecule has 0 saturated carbocycles. The number of ether oxygens (including phenoxy) is 1. The Morgan fingerprint density at radius 1 is 1.11 bits per heavy atom. The highest BCUT2D eigenvalue weighted by Crippen LogP contribution is 2.39. The van der Waals surface area contributed by atoms with Crippen molar-refractivity contribution in [2.75, 3.05) is 18.8 Å². The van der Waals surface area contributed by atoms with Gasteiger partial charge in [0.25, 0.3) is 5.91 Å². The van der Waals surface area contributed by atoms with E-state index in [1.54, 1.807) is 15.3 Å². The number of amides is 2. The van der Waals surface area contributed by atoms with Gasteiger partial charge in [-0.1, -0.05) is 35.5 Å². The van der Waals surface area contributed by atoms with Crippen LogP contribution in [0.15, 0.2) is 40.9 Å². The van der Waals surface area contributed by atoms with Gasteiger partial charge in [-0.2, -0.15) is 9.57 Å². The van der Waals surface area contributed by atoms with Gasteiger partial charge in [0.2, 0.25) is 15.8 Å². The molecule has 3 aliphatic rings.